The number of thiazole rings is 1. The Balaban J connectivity index is 2.53. The third-order valence-corrected chi connectivity index (χ3v) is 2.48. The van der Waals surface area contributed by atoms with Crippen LogP contribution in [0.15, 0.2) is 18.2 Å². The SMILES string of the molecule is Nc1nc2c(OB(O)O)cccc2s1. The Morgan fingerprint density at radius 1 is 1.43 bits per heavy atom. The third kappa shape index (κ3) is 1.65. The van der Waals surface area contributed by atoms with E-state index in [2.05, 4.69) is 4.98 Å². The van der Waals surface area contributed by atoms with E-state index < -0.39 is 7.32 Å². The van der Waals surface area contributed by atoms with Crippen LogP contribution < -0.4 is 10.4 Å². The Kier molecular flexibility index (Phi) is 2.28. The number of nitrogen functional groups attached to an aromatic ring is 1. The monoisotopic (exact) mass is 210 g/mol. The molecule has 5 nitrogen and oxygen atoms in total. The van der Waals surface area contributed by atoms with Crippen molar-refractivity contribution in [2.75, 3.05) is 5.73 Å². The van der Waals surface area contributed by atoms with Crippen molar-refractivity contribution in [1.82, 2.24) is 4.98 Å². The molecule has 14 heavy (non-hydrogen) atoms. The van der Waals surface area contributed by atoms with Crippen molar-refractivity contribution in [3.05, 3.63) is 18.2 Å². The Bertz CT molecular complexity index is 459. The molecule has 1 heterocycles. The third-order valence-electron chi connectivity index (χ3n) is 1.63. The lowest BCUT2D eigenvalue weighted by molar-refractivity contribution is 0.289. The summed E-state index contributed by atoms with van der Waals surface area (Å²) in [6, 6.07) is 5.17. The van der Waals surface area contributed by atoms with E-state index in [4.69, 9.17) is 20.4 Å². The molecule has 0 spiro atoms. The maximum Gasteiger partial charge on any atom is 0.707 e. The molecule has 0 aliphatic carbocycles. The van der Waals surface area contributed by atoms with Crippen molar-refractivity contribution >= 4 is 34.0 Å². The molecular formula is C7H7BN2O3S. The number of aromatic nitrogens is 1. The van der Waals surface area contributed by atoms with Crippen LogP contribution in [0.3, 0.4) is 0 Å². The van der Waals surface area contributed by atoms with Gasteiger partial charge in [-0.1, -0.05) is 17.4 Å². The lowest BCUT2D eigenvalue weighted by Crippen LogP contribution is -2.20. The maximum atomic E-state index is 8.65. The highest BCUT2D eigenvalue weighted by Gasteiger charge is 2.15. The van der Waals surface area contributed by atoms with Gasteiger partial charge in [0.15, 0.2) is 5.13 Å². The number of nitrogens with two attached hydrogens (primary N) is 1. The fourth-order valence-electron chi connectivity index (χ4n) is 1.15. The largest absolute Gasteiger partial charge is 0.707 e. The molecule has 0 fully saturated rings. The number of nitrogens with zero attached hydrogens (tertiary/aromatic N) is 1. The van der Waals surface area contributed by atoms with E-state index in [1.807, 2.05) is 6.07 Å². The van der Waals surface area contributed by atoms with Crippen LogP contribution in [0.1, 0.15) is 0 Å². The molecule has 0 amide bonds. The molecule has 4 N–H and O–H groups in total. The summed E-state index contributed by atoms with van der Waals surface area (Å²) in [5.74, 6) is 0.311. The second kappa shape index (κ2) is 3.45. The number of hydrogen-bond donors (Lipinski definition) is 3. The number of fused-ring (bicyclic) bond motifs is 1. The van der Waals surface area contributed by atoms with Crippen molar-refractivity contribution in [3.63, 3.8) is 0 Å². The lowest BCUT2D eigenvalue weighted by atomic mass is 10.2. The molecule has 2 aromatic rings. The number of hydrogen-bond acceptors (Lipinski definition) is 6. The fourth-order valence-corrected chi connectivity index (χ4v) is 1.90. The smallest absolute Gasteiger partial charge is 0.510 e. The van der Waals surface area contributed by atoms with Gasteiger partial charge in [0.25, 0.3) is 0 Å². The van der Waals surface area contributed by atoms with Gasteiger partial charge in [-0.3, -0.25) is 0 Å². The number of benzene rings is 1. The molecule has 0 aliphatic rings. The molecule has 0 atom stereocenters. The number of rotatable bonds is 2. The zero-order valence-corrected chi connectivity index (χ0v) is 7.86. The minimum atomic E-state index is -1.84. The first-order valence-electron chi connectivity index (χ1n) is 3.84. The fraction of sp³-hybridized carbons (Fsp3) is 0. The van der Waals surface area contributed by atoms with Gasteiger partial charge in [-0.15, -0.1) is 0 Å². The first kappa shape index (κ1) is 9.26. The molecule has 0 unspecified atom stereocenters. The van der Waals surface area contributed by atoms with Crippen molar-refractivity contribution in [2.45, 2.75) is 0 Å². The van der Waals surface area contributed by atoms with Gasteiger partial charge in [-0.05, 0) is 12.1 Å². The highest BCUT2D eigenvalue weighted by molar-refractivity contribution is 7.22. The summed E-state index contributed by atoms with van der Waals surface area (Å²) in [6.07, 6.45) is 0. The molecule has 0 aliphatic heterocycles. The zero-order valence-electron chi connectivity index (χ0n) is 7.04. The Labute approximate surface area is 83.9 Å². The highest BCUT2D eigenvalue weighted by Crippen LogP contribution is 2.30. The standard InChI is InChI=1S/C7H7BN2O3S/c9-7-10-6-4(13-8(11)12)2-1-3-5(6)14-7/h1-3,11-12H,(H2,9,10). The van der Waals surface area contributed by atoms with E-state index in [1.165, 1.54) is 11.3 Å². The molecule has 0 saturated heterocycles. The van der Waals surface area contributed by atoms with Gasteiger partial charge in [0, 0.05) is 0 Å². The van der Waals surface area contributed by atoms with Gasteiger partial charge in [-0.25, -0.2) is 4.98 Å². The van der Waals surface area contributed by atoms with Crippen LogP contribution in [0.25, 0.3) is 10.2 Å². The van der Waals surface area contributed by atoms with Gasteiger partial charge in [-0.2, -0.15) is 0 Å². The summed E-state index contributed by atoms with van der Waals surface area (Å²) in [5.41, 5.74) is 6.06. The summed E-state index contributed by atoms with van der Waals surface area (Å²) in [7, 11) is -1.84. The van der Waals surface area contributed by atoms with Crippen LogP contribution in [0, 0.1) is 0 Å². The second-order valence-corrected chi connectivity index (χ2v) is 3.66. The van der Waals surface area contributed by atoms with E-state index in [0.717, 1.165) is 4.70 Å². The highest BCUT2D eigenvalue weighted by atomic mass is 32.1. The van der Waals surface area contributed by atoms with Crippen LogP contribution in [0.4, 0.5) is 5.13 Å². The van der Waals surface area contributed by atoms with Crippen molar-refractivity contribution in [3.8, 4) is 5.75 Å². The van der Waals surface area contributed by atoms with Crippen LogP contribution in [-0.2, 0) is 0 Å². The average Bonchev–Trinajstić information content (AvgIpc) is 2.45. The molecule has 7 heteroatoms. The summed E-state index contributed by atoms with van der Waals surface area (Å²) in [4.78, 5) is 4.02. The van der Waals surface area contributed by atoms with Crippen LogP contribution in [0.2, 0.25) is 0 Å². The number of anilines is 1. The topological polar surface area (TPSA) is 88.6 Å². The minimum absolute atomic E-state index is 0.311. The summed E-state index contributed by atoms with van der Waals surface area (Å²) in [5, 5.41) is 17.7. The first-order valence-corrected chi connectivity index (χ1v) is 4.66. The van der Waals surface area contributed by atoms with Gasteiger partial charge in [0.05, 0.1) is 4.70 Å². The molecule has 0 bridgehead atoms. The zero-order chi connectivity index (χ0) is 10.1. The van der Waals surface area contributed by atoms with Gasteiger partial charge >= 0.3 is 7.32 Å². The van der Waals surface area contributed by atoms with E-state index in [1.54, 1.807) is 12.1 Å². The number of para-hydroxylation sites is 1. The summed E-state index contributed by atoms with van der Waals surface area (Å²) < 4.78 is 5.59. The van der Waals surface area contributed by atoms with Gasteiger partial charge < -0.3 is 20.4 Å². The van der Waals surface area contributed by atoms with E-state index >= 15 is 0 Å². The molecule has 2 rings (SSSR count). The van der Waals surface area contributed by atoms with Crippen LogP contribution >= 0.6 is 11.3 Å². The van der Waals surface area contributed by atoms with E-state index in [-0.39, 0.29) is 0 Å². The van der Waals surface area contributed by atoms with Gasteiger partial charge in [0.1, 0.15) is 11.3 Å². The van der Waals surface area contributed by atoms with Crippen molar-refractivity contribution in [1.29, 1.82) is 0 Å². The second-order valence-electron chi connectivity index (χ2n) is 2.60. The van der Waals surface area contributed by atoms with Gasteiger partial charge in [0.2, 0.25) is 0 Å². The van der Waals surface area contributed by atoms with E-state index in [9.17, 15) is 0 Å². The summed E-state index contributed by atoms with van der Waals surface area (Å²) >= 11 is 1.32. The Morgan fingerprint density at radius 2 is 2.21 bits per heavy atom. The quantitative estimate of drug-likeness (QED) is 0.617. The summed E-state index contributed by atoms with van der Waals surface area (Å²) in [6.45, 7) is 0. The molecular weight excluding hydrogens is 203 g/mol. The molecule has 1 aromatic carbocycles. The maximum absolute atomic E-state index is 8.65. The average molecular weight is 210 g/mol. The van der Waals surface area contributed by atoms with Crippen LogP contribution in [-0.4, -0.2) is 22.4 Å². The van der Waals surface area contributed by atoms with E-state index in [0.29, 0.717) is 16.4 Å². The molecule has 1 aromatic heterocycles. The normalized spacial score (nSPS) is 10.4. The van der Waals surface area contributed by atoms with Crippen molar-refractivity contribution < 1.29 is 14.7 Å². The Hall–Kier alpha value is -1.31. The van der Waals surface area contributed by atoms with Crippen molar-refractivity contribution in [2.24, 2.45) is 0 Å². The first-order chi connectivity index (χ1) is 6.66. The predicted molar refractivity (Wildman–Crippen MR) is 54.9 cm³/mol. The Morgan fingerprint density at radius 3 is 2.93 bits per heavy atom. The molecule has 0 radical (unpaired) electrons. The lowest BCUT2D eigenvalue weighted by Gasteiger charge is -2.03. The van der Waals surface area contributed by atoms with Crippen LogP contribution in [0.5, 0.6) is 5.75 Å². The molecule has 72 valence electrons. The minimum Gasteiger partial charge on any atom is -0.510 e. The molecule has 0 saturated carbocycles. The predicted octanol–water partition coefficient (Wildman–Crippen LogP) is 0.227.